The highest BCUT2D eigenvalue weighted by Gasteiger charge is 2.11. The predicted molar refractivity (Wildman–Crippen MR) is 98.1 cm³/mol. The Kier molecular flexibility index (Phi) is 4.97. The fourth-order valence-corrected chi connectivity index (χ4v) is 3.44. The van der Waals surface area contributed by atoms with Gasteiger partial charge in [-0.1, -0.05) is 18.2 Å². The zero-order chi connectivity index (χ0) is 17.1. The minimum Gasteiger partial charge on any atom is -0.490 e. The Morgan fingerprint density at radius 2 is 1.96 bits per heavy atom. The van der Waals surface area contributed by atoms with Crippen molar-refractivity contribution in [1.29, 1.82) is 0 Å². The Labute approximate surface area is 145 Å². The SMILES string of the molecule is Cc1cc2c(NCC(O)COc3c(C)cccc3C)ncnc2s1. The highest BCUT2D eigenvalue weighted by Crippen LogP contribution is 2.27. The van der Waals surface area contributed by atoms with E-state index in [9.17, 15) is 5.11 Å². The van der Waals surface area contributed by atoms with Crippen molar-refractivity contribution >= 4 is 27.4 Å². The van der Waals surface area contributed by atoms with Crippen molar-refractivity contribution in [3.8, 4) is 5.75 Å². The van der Waals surface area contributed by atoms with Gasteiger partial charge in [0.25, 0.3) is 0 Å². The summed E-state index contributed by atoms with van der Waals surface area (Å²) in [5.41, 5.74) is 2.14. The Hall–Kier alpha value is -2.18. The summed E-state index contributed by atoms with van der Waals surface area (Å²) in [7, 11) is 0. The molecule has 1 aromatic carbocycles. The Balaban J connectivity index is 1.60. The zero-order valence-corrected chi connectivity index (χ0v) is 14.9. The van der Waals surface area contributed by atoms with Crippen LogP contribution in [0.1, 0.15) is 16.0 Å². The van der Waals surface area contributed by atoms with E-state index in [1.54, 1.807) is 17.7 Å². The van der Waals surface area contributed by atoms with Crippen molar-refractivity contribution in [3.05, 3.63) is 46.6 Å². The third-order valence-corrected chi connectivity index (χ3v) is 4.75. The molecule has 24 heavy (non-hydrogen) atoms. The number of hydrogen-bond donors (Lipinski definition) is 2. The lowest BCUT2D eigenvalue weighted by atomic mass is 10.1. The van der Waals surface area contributed by atoms with Crippen LogP contribution in [0.5, 0.6) is 5.75 Å². The monoisotopic (exact) mass is 343 g/mol. The molecule has 126 valence electrons. The van der Waals surface area contributed by atoms with Crippen LogP contribution in [0.3, 0.4) is 0 Å². The largest absolute Gasteiger partial charge is 0.490 e. The van der Waals surface area contributed by atoms with E-state index in [2.05, 4.69) is 21.4 Å². The number of nitrogens with zero attached hydrogens (tertiary/aromatic N) is 2. The summed E-state index contributed by atoms with van der Waals surface area (Å²) in [6, 6.07) is 8.06. The number of thiophene rings is 1. The van der Waals surface area contributed by atoms with Crippen LogP contribution in [0.2, 0.25) is 0 Å². The first-order chi connectivity index (χ1) is 11.5. The minimum absolute atomic E-state index is 0.232. The topological polar surface area (TPSA) is 67.3 Å². The van der Waals surface area contributed by atoms with Crippen molar-refractivity contribution in [1.82, 2.24) is 9.97 Å². The van der Waals surface area contributed by atoms with Gasteiger partial charge >= 0.3 is 0 Å². The van der Waals surface area contributed by atoms with Gasteiger partial charge in [0.15, 0.2) is 0 Å². The third-order valence-electron chi connectivity index (χ3n) is 3.79. The van der Waals surface area contributed by atoms with Crippen LogP contribution in [0.25, 0.3) is 10.2 Å². The van der Waals surface area contributed by atoms with Crippen LogP contribution in [0.4, 0.5) is 5.82 Å². The van der Waals surface area contributed by atoms with Crippen LogP contribution < -0.4 is 10.1 Å². The molecule has 3 aromatic rings. The first kappa shape index (κ1) is 16.7. The number of nitrogens with one attached hydrogen (secondary N) is 1. The van der Waals surface area contributed by atoms with Crippen LogP contribution >= 0.6 is 11.3 Å². The lowest BCUT2D eigenvalue weighted by molar-refractivity contribution is 0.117. The van der Waals surface area contributed by atoms with Crippen molar-refractivity contribution < 1.29 is 9.84 Å². The quantitative estimate of drug-likeness (QED) is 0.717. The molecule has 0 spiro atoms. The second kappa shape index (κ2) is 7.15. The van der Waals surface area contributed by atoms with Crippen LogP contribution in [-0.2, 0) is 0 Å². The molecule has 0 aliphatic heterocycles. The van der Waals surface area contributed by atoms with E-state index in [1.807, 2.05) is 39.0 Å². The van der Waals surface area contributed by atoms with Gasteiger partial charge in [0.2, 0.25) is 0 Å². The molecule has 2 N–H and O–H groups in total. The fraction of sp³-hybridized carbons (Fsp3) is 0.333. The van der Waals surface area contributed by atoms with E-state index in [0.717, 1.165) is 32.9 Å². The van der Waals surface area contributed by atoms with Gasteiger partial charge < -0.3 is 15.2 Å². The number of hydrogen-bond acceptors (Lipinski definition) is 6. The van der Waals surface area contributed by atoms with E-state index < -0.39 is 6.10 Å². The highest BCUT2D eigenvalue weighted by atomic mass is 32.1. The molecule has 6 heteroatoms. The number of rotatable bonds is 6. The number of fused-ring (bicyclic) bond motifs is 1. The Morgan fingerprint density at radius 1 is 1.21 bits per heavy atom. The molecular weight excluding hydrogens is 322 g/mol. The standard InChI is InChI=1S/C18H21N3O2S/c1-11-5-4-6-12(2)16(11)23-9-14(22)8-19-17-15-7-13(3)24-18(15)21-10-20-17/h4-7,10,14,22H,8-9H2,1-3H3,(H,19,20,21). The Bertz CT molecular complexity index is 827. The molecular formula is C18H21N3O2S. The summed E-state index contributed by atoms with van der Waals surface area (Å²) < 4.78 is 5.79. The van der Waals surface area contributed by atoms with E-state index in [1.165, 1.54) is 4.88 Å². The highest BCUT2D eigenvalue weighted by molar-refractivity contribution is 7.18. The molecule has 0 aliphatic rings. The predicted octanol–water partition coefficient (Wildman–Crippen LogP) is 3.47. The molecule has 1 atom stereocenters. The van der Waals surface area contributed by atoms with Gasteiger partial charge in [0.1, 0.15) is 35.4 Å². The molecule has 3 rings (SSSR count). The maximum absolute atomic E-state index is 10.2. The molecule has 0 aliphatic carbocycles. The number of aryl methyl sites for hydroxylation is 3. The maximum atomic E-state index is 10.2. The van der Waals surface area contributed by atoms with Gasteiger partial charge in [0.05, 0.1) is 5.39 Å². The summed E-state index contributed by atoms with van der Waals surface area (Å²) in [4.78, 5) is 10.7. The van der Waals surface area contributed by atoms with Crippen LogP contribution in [0.15, 0.2) is 30.6 Å². The number of aromatic nitrogens is 2. The summed E-state index contributed by atoms with van der Waals surface area (Å²) >= 11 is 1.63. The lowest BCUT2D eigenvalue weighted by Gasteiger charge is -2.16. The molecule has 2 aromatic heterocycles. The van der Waals surface area contributed by atoms with E-state index >= 15 is 0 Å². The zero-order valence-electron chi connectivity index (χ0n) is 14.0. The van der Waals surface area contributed by atoms with Crippen LogP contribution in [-0.4, -0.2) is 34.3 Å². The number of aliphatic hydroxyl groups excluding tert-OH is 1. The lowest BCUT2D eigenvalue weighted by Crippen LogP contribution is -2.27. The van der Waals surface area contributed by atoms with Gasteiger partial charge in [-0.2, -0.15) is 0 Å². The Morgan fingerprint density at radius 3 is 2.71 bits per heavy atom. The average Bonchev–Trinajstić information content (AvgIpc) is 2.93. The maximum Gasteiger partial charge on any atom is 0.138 e. The van der Waals surface area contributed by atoms with Crippen molar-refractivity contribution in [2.75, 3.05) is 18.5 Å². The minimum atomic E-state index is -0.631. The number of benzene rings is 1. The molecule has 1 unspecified atom stereocenters. The molecule has 0 saturated heterocycles. The van der Waals surface area contributed by atoms with E-state index in [0.29, 0.717) is 6.54 Å². The molecule has 0 amide bonds. The number of para-hydroxylation sites is 1. The first-order valence-corrected chi connectivity index (χ1v) is 8.68. The average molecular weight is 343 g/mol. The molecule has 0 fully saturated rings. The summed E-state index contributed by atoms with van der Waals surface area (Å²) in [5, 5.41) is 14.4. The normalized spacial score (nSPS) is 12.3. The summed E-state index contributed by atoms with van der Waals surface area (Å²) in [6.45, 7) is 6.65. The molecule has 0 bridgehead atoms. The van der Waals surface area contributed by atoms with Gasteiger partial charge in [0, 0.05) is 11.4 Å². The second-order valence-corrected chi connectivity index (χ2v) is 7.10. The number of anilines is 1. The molecule has 2 heterocycles. The van der Waals surface area contributed by atoms with Gasteiger partial charge in [-0.15, -0.1) is 11.3 Å². The van der Waals surface area contributed by atoms with Crippen molar-refractivity contribution in [2.45, 2.75) is 26.9 Å². The smallest absolute Gasteiger partial charge is 0.138 e. The van der Waals surface area contributed by atoms with Crippen molar-refractivity contribution in [2.24, 2.45) is 0 Å². The van der Waals surface area contributed by atoms with Gasteiger partial charge in [-0.05, 0) is 38.0 Å². The van der Waals surface area contributed by atoms with Gasteiger partial charge in [-0.25, -0.2) is 9.97 Å². The number of ether oxygens (including phenoxy) is 1. The summed E-state index contributed by atoms with van der Waals surface area (Å²) in [6.07, 6.45) is 0.911. The fourth-order valence-electron chi connectivity index (χ4n) is 2.60. The number of aliphatic hydroxyl groups is 1. The third kappa shape index (κ3) is 3.66. The molecule has 0 radical (unpaired) electrons. The molecule has 5 nitrogen and oxygen atoms in total. The van der Waals surface area contributed by atoms with E-state index in [4.69, 9.17) is 4.74 Å². The van der Waals surface area contributed by atoms with Crippen LogP contribution in [0, 0.1) is 20.8 Å². The first-order valence-electron chi connectivity index (χ1n) is 7.86. The summed E-state index contributed by atoms with van der Waals surface area (Å²) in [5.74, 6) is 1.59. The van der Waals surface area contributed by atoms with Crippen molar-refractivity contribution in [3.63, 3.8) is 0 Å². The molecule has 0 saturated carbocycles. The van der Waals surface area contributed by atoms with Gasteiger partial charge in [-0.3, -0.25) is 0 Å². The van der Waals surface area contributed by atoms with E-state index in [-0.39, 0.29) is 6.61 Å². The second-order valence-electron chi connectivity index (χ2n) is 5.86.